The third-order valence-corrected chi connectivity index (χ3v) is 6.33. The van der Waals surface area contributed by atoms with Crippen molar-refractivity contribution in [1.82, 2.24) is 19.4 Å². The lowest BCUT2D eigenvalue weighted by Gasteiger charge is -2.34. The van der Waals surface area contributed by atoms with Crippen LogP contribution in [-0.4, -0.2) is 66.7 Å². The molecule has 0 bridgehead atoms. The molecule has 0 spiro atoms. The molecule has 1 fully saturated rings. The Balaban J connectivity index is 1.71. The van der Waals surface area contributed by atoms with Crippen molar-refractivity contribution in [2.75, 3.05) is 32.9 Å². The minimum atomic E-state index is -3.23. The van der Waals surface area contributed by atoms with Gasteiger partial charge in [-0.3, -0.25) is 9.59 Å². The fraction of sp³-hybridized carbons (Fsp3) is 0.500. The van der Waals surface area contributed by atoms with Crippen molar-refractivity contribution in [1.29, 1.82) is 0 Å². The highest BCUT2D eigenvalue weighted by Crippen LogP contribution is 2.20. The first kappa shape index (κ1) is 19.5. The number of sulfonamides is 1. The van der Waals surface area contributed by atoms with Crippen LogP contribution in [0.1, 0.15) is 18.5 Å². The van der Waals surface area contributed by atoms with Gasteiger partial charge >= 0.3 is 0 Å². The van der Waals surface area contributed by atoms with Crippen LogP contribution >= 0.6 is 0 Å². The second-order valence-corrected chi connectivity index (χ2v) is 9.20. The molecule has 1 amide bonds. The maximum Gasteiger partial charge on any atom is 0.272 e. The molecule has 0 saturated carbocycles. The van der Waals surface area contributed by atoms with Crippen molar-refractivity contribution in [3.05, 3.63) is 40.3 Å². The number of aromatic amines is 1. The lowest BCUT2D eigenvalue weighted by molar-refractivity contribution is -0.132. The monoisotopic (exact) mass is 392 g/mol. The van der Waals surface area contributed by atoms with Crippen molar-refractivity contribution in [3.63, 3.8) is 0 Å². The van der Waals surface area contributed by atoms with E-state index in [1.807, 2.05) is 6.07 Å². The zero-order valence-electron chi connectivity index (χ0n) is 15.5. The van der Waals surface area contributed by atoms with Crippen LogP contribution in [0, 0.1) is 5.92 Å². The number of nitrogens with one attached hydrogen (secondary N) is 1. The van der Waals surface area contributed by atoms with Crippen LogP contribution in [0.5, 0.6) is 0 Å². The lowest BCUT2D eigenvalue weighted by Crippen LogP contribution is -2.44. The smallest absolute Gasteiger partial charge is 0.272 e. The number of amides is 1. The van der Waals surface area contributed by atoms with Gasteiger partial charge in [-0.2, -0.15) is 5.10 Å². The first-order valence-corrected chi connectivity index (χ1v) is 10.8. The fourth-order valence-electron chi connectivity index (χ4n) is 3.50. The molecule has 1 N–H and O–H groups in total. The zero-order valence-corrected chi connectivity index (χ0v) is 16.3. The average Bonchev–Trinajstić information content (AvgIpc) is 2.63. The van der Waals surface area contributed by atoms with Gasteiger partial charge in [0.15, 0.2) is 0 Å². The topological polar surface area (TPSA) is 103 Å². The van der Waals surface area contributed by atoms with E-state index in [-0.39, 0.29) is 23.8 Å². The number of rotatable bonds is 5. The summed E-state index contributed by atoms with van der Waals surface area (Å²) in [7, 11) is -1.67. The van der Waals surface area contributed by atoms with E-state index >= 15 is 0 Å². The van der Waals surface area contributed by atoms with E-state index in [1.54, 1.807) is 30.1 Å². The van der Waals surface area contributed by atoms with Crippen LogP contribution in [0.25, 0.3) is 10.8 Å². The van der Waals surface area contributed by atoms with Crippen molar-refractivity contribution >= 4 is 26.7 Å². The molecule has 0 aliphatic carbocycles. The van der Waals surface area contributed by atoms with Crippen LogP contribution in [0.2, 0.25) is 0 Å². The van der Waals surface area contributed by atoms with Gasteiger partial charge in [0.1, 0.15) is 0 Å². The number of carbonyl (C=O) groups excluding carboxylic acids is 1. The Morgan fingerprint density at radius 2 is 2.04 bits per heavy atom. The summed E-state index contributed by atoms with van der Waals surface area (Å²) in [6.07, 6.45) is 3.02. The summed E-state index contributed by atoms with van der Waals surface area (Å²) in [6.45, 7) is 1.58. The predicted molar refractivity (Wildman–Crippen MR) is 103 cm³/mol. The largest absolute Gasteiger partial charge is 0.342 e. The highest BCUT2D eigenvalue weighted by atomic mass is 32.2. The second-order valence-electron chi connectivity index (χ2n) is 7.11. The molecule has 1 unspecified atom stereocenters. The summed E-state index contributed by atoms with van der Waals surface area (Å²) >= 11 is 0. The zero-order chi connectivity index (χ0) is 19.6. The Morgan fingerprint density at radius 3 is 2.74 bits per heavy atom. The molecule has 1 aliphatic rings. The number of likely N-dealkylation sites (tertiary alicyclic amines) is 1. The fourth-order valence-corrected chi connectivity index (χ4v) is 3.98. The van der Waals surface area contributed by atoms with Crippen molar-refractivity contribution < 1.29 is 13.2 Å². The molecule has 1 aromatic heterocycles. The second kappa shape index (κ2) is 7.77. The third-order valence-electron chi connectivity index (χ3n) is 5.05. The van der Waals surface area contributed by atoms with Gasteiger partial charge < -0.3 is 4.90 Å². The van der Waals surface area contributed by atoms with Crippen LogP contribution in [0.4, 0.5) is 0 Å². The van der Waals surface area contributed by atoms with Crippen molar-refractivity contribution in [2.24, 2.45) is 5.92 Å². The maximum atomic E-state index is 12.8. The molecular weight excluding hydrogens is 368 g/mol. The molecule has 1 saturated heterocycles. The number of fused-ring (bicyclic) bond motifs is 1. The summed E-state index contributed by atoms with van der Waals surface area (Å²) in [4.78, 5) is 26.4. The standard InChI is InChI=1S/C18H24N4O4S/c1-21(27(2,25)26)11-13-6-5-9-22(12-13)17(23)10-16-14-7-3-4-8-15(14)18(24)20-19-16/h3-4,7-8,13H,5-6,9-12H2,1-2H3,(H,20,24). The van der Waals surface area contributed by atoms with Gasteiger partial charge in [-0.25, -0.2) is 17.8 Å². The van der Waals surface area contributed by atoms with E-state index in [1.165, 1.54) is 10.6 Å². The maximum absolute atomic E-state index is 12.8. The number of nitrogens with zero attached hydrogens (tertiary/aromatic N) is 3. The third kappa shape index (κ3) is 4.54. The van der Waals surface area contributed by atoms with E-state index < -0.39 is 10.0 Å². The Hall–Kier alpha value is -2.26. The number of H-pyrrole nitrogens is 1. The first-order chi connectivity index (χ1) is 12.8. The molecule has 8 nitrogen and oxygen atoms in total. The Morgan fingerprint density at radius 1 is 1.33 bits per heavy atom. The molecule has 2 aromatic rings. The van der Waals surface area contributed by atoms with Crippen LogP contribution in [0.3, 0.4) is 0 Å². The number of piperidine rings is 1. The Labute approximate surface area is 158 Å². The van der Waals surface area contributed by atoms with Gasteiger partial charge in [0, 0.05) is 32.1 Å². The molecule has 0 radical (unpaired) electrons. The number of hydrogen-bond donors (Lipinski definition) is 1. The van der Waals surface area contributed by atoms with Gasteiger partial charge in [0.05, 0.1) is 23.8 Å². The van der Waals surface area contributed by atoms with Crippen LogP contribution in [-0.2, 0) is 21.2 Å². The highest BCUT2D eigenvalue weighted by molar-refractivity contribution is 7.88. The van der Waals surface area contributed by atoms with Gasteiger partial charge in [-0.05, 0) is 24.8 Å². The van der Waals surface area contributed by atoms with E-state index in [4.69, 9.17) is 0 Å². The molecule has 1 aromatic carbocycles. The average molecular weight is 392 g/mol. The summed E-state index contributed by atoms with van der Waals surface area (Å²) < 4.78 is 24.6. The minimum absolute atomic E-state index is 0.0635. The molecule has 2 heterocycles. The molecule has 1 atom stereocenters. The molecule has 1 aliphatic heterocycles. The quantitative estimate of drug-likeness (QED) is 0.802. The lowest BCUT2D eigenvalue weighted by atomic mass is 9.97. The summed E-state index contributed by atoms with van der Waals surface area (Å²) in [6, 6.07) is 7.09. The van der Waals surface area contributed by atoms with Crippen LogP contribution in [0.15, 0.2) is 29.1 Å². The predicted octanol–water partition coefficient (Wildman–Crippen LogP) is 0.596. The van der Waals surface area contributed by atoms with E-state index in [0.29, 0.717) is 36.1 Å². The molecular formula is C18H24N4O4S. The Kier molecular flexibility index (Phi) is 5.61. The molecule has 3 rings (SSSR count). The number of hydrogen-bond acceptors (Lipinski definition) is 5. The number of carbonyl (C=O) groups is 1. The number of aromatic nitrogens is 2. The van der Waals surface area contributed by atoms with E-state index in [2.05, 4.69) is 10.2 Å². The minimum Gasteiger partial charge on any atom is -0.342 e. The van der Waals surface area contributed by atoms with Gasteiger partial charge in [0.25, 0.3) is 5.56 Å². The normalized spacial score (nSPS) is 18.2. The highest BCUT2D eigenvalue weighted by Gasteiger charge is 2.27. The van der Waals surface area contributed by atoms with Crippen molar-refractivity contribution in [2.45, 2.75) is 19.3 Å². The van der Waals surface area contributed by atoms with Gasteiger partial charge in [0.2, 0.25) is 15.9 Å². The summed E-state index contributed by atoms with van der Waals surface area (Å²) in [5, 5.41) is 7.72. The Bertz CT molecular complexity index is 1000. The van der Waals surface area contributed by atoms with E-state index in [9.17, 15) is 18.0 Å². The summed E-state index contributed by atoms with van der Waals surface area (Å²) in [5.74, 6) is 0.0501. The molecule has 27 heavy (non-hydrogen) atoms. The van der Waals surface area contributed by atoms with Crippen LogP contribution < -0.4 is 5.56 Å². The SMILES string of the molecule is CN(CC1CCCN(C(=O)Cc2n[nH]c(=O)c3ccccc23)C1)S(C)(=O)=O. The van der Waals surface area contributed by atoms with Gasteiger partial charge in [-0.1, -0.05) is 18.2 Å². The van der Waals surface area contributed by atoms with Gasteiger partial charge in [-0.15, -0.1) is 0 Å². The molecule has 146 valence electrons. The van der Waals surface area contributed by atoms with E-state index in [0.717, 1.165) is 12.8 Å². The first-order valence-electron chi connectivity index (χ1n) is 8.91. The number of benzene rings is 1. The summed E-state index contributed by atoms with van der Waals surface area (Å²) in [5.41, 5.74) is 0.272. The molecule has 9 heteroatoms. The van der Waals surface area contributed by atoms with Crippen molar-refractivity contribution in [3.8, 4) is 0 Å².